The van der Waals surface area contributed by atoms with Gasteiger partial charge in [0.25, 0.3) is 5.56 Å². The highest BCUT2D eigenvalue weighted by Crippen LogP contribution is 2.55. The van der Waals surface area contributed by atoms with E-state index in [2.05, 4.69) is 15.3 Å². The van der Waals surface area contributed by atoms with Crippen molar-refractivity contribution in [3.8, 4) is 0 Å². The highest BCUT2D eigenvalue weighted by molar-refractivity contribution is 5.70. The third kappa shape index (κ3) is 3.55. The average molecular weight is 461 g/mol. The summed E-state index contributed by atoms with van der Waals surface area (Å²) < 4.78 is 4.42. The Morgan fingerprint density at radius 1 is 1.15 bits per heavy atom. The van der Waals surface area contributed by atoms with Crippen LogP contribution in [-0.4, -0.2) is 35.8 Å². The lowest BCUT2D eigenvalue weighted by molar-refractivity contribution is -0.0176. The molecule has 8 nitrogen and oxygen atoms in total. The van der Waals surface area contributed by atoms with Crippen LogP contribution in [0, 0.1) is 17.8 Å². The van der Waals surface area contributed by atoms with Crippen molar-refractivity contribution >= 4 is 16.7 Å². The highest BCUT2D eigenvalue weighted by Gasteiger charge is 2.50. The van der Waals surface area contributed by atoms with E-state index in [-0.39, 0.29) is 23.3 Å². The van der Waals surface area contributed by atoms with Gasteiger partial charge in [-0.05, 0) is 73.5 Å². The fourth-order valence-corrected chi connectivity index (χ4v) is 7.21. The predicted molar refractivity (Wildman–Crippen MR) is 131 cm³/mol. The second-order valence-electron chi connectivity index (χ2n) is 10.8. The summed E-state index contributed by atoms with van der Waals surface area (Å²) in [5, 5.41) is 3.96. The first-order valence-corrected chi connectivity index (χ1v) is 12.4. The predicted octanol–water partition coefficient (Wildman–Crippen LogP) is 2.47. The van der Waals surface area contributed by atoms with Crippen LogP contribution < -0.4 is 16.6 Å². The average Bonchev–Trinajstić information content (AvgIpc) is 3.21. The van der Waals surface area contributed by atoms with Gasteiger partial charge in [-0.3, -0.25) is 18.9 Å². The van der Waals surface area contributed by atoms with Crippen LogP contribution >= 0.6 is 0 Å². The lowest BCUT2D eigenvalue weighted by Gasteiger charge is -2.57. The fourth-order valence-electron chi connectivity index (χ4n) is 7.21. The van der Waals surface area contributed by atoms with Crippen molar-refractivity contribution in [3.63, 3.8) is 0 Å². The van der Waals surface area contributed by atoms with E-state index in [1.165, 1.54) is 47.7 Å². The van der Waals surface area contributed by atoms with Gasteiger partial charge in [-0.15, -0.1) is 0 Å². The van der Waals surface area contributed by atoms with Gasteiger partial charge < -0.3 is 9.88 Å². The van der Waals surface area contributed by atoms with Gasteiger partial charge in [0.05, 0.1) is 6.33 Å². The Balaban J connectivity index is 1.32. The number of nitrogens with zero attached hydrogens (tertiary/aromatic N) is 5. The second-order valence-corrected chi connectivity index (χ2v) is 10.8. The monoisotopic (exact) mass is 460 g/mol. The molecule has 1 N–H and O–H groups in total. The van der Waals surface area contributed by atoms with Gasteiger partial charge >= 0.3 is 5.69 Å². The number of aromatic nitrogens is 5. The van der Waals surface area contributed by atoms with Crippen molar-refractivity contribution in [1.82, 2.24) is 29.0 Å². The minimum Gasteiger partial charge on any atom is -0.328 e. The molecular weight excluding hydrogens is 428 g/mol. The molecule has 4 saturated carbocycles. The largest absolute Gasteiger partial charge is 0.332 e. The van der Waals surface area contributed by atoms with Crippen molar-refractivity contribution in [1.29, 1.82) is 0 Å². The van der Waals surface area contributed by atoms with E-state index in [0.29, 0.717) is 17.7 Å². The van der Waals surface area contributed by atoms with Crippen LogP contribution in [0.25, 0.3) is 16.7 Å². The Bertz CT molecular complexity index is 1340. The number of nitrogens with one attached hydrogen (secondary N) is 1. The molecule has 0 unspecified atom stereocenters. The van der Waals surface area contributed by atoms with E-state index in [0.717, 1.165) is 28.9 Å². The maximum Gasteiger partial charge on any atom is 0.332 e. The first kappa shape index (κ1) is 21.5. The van der Waals surface area contributed by atoms with Crippen molar-refractivity contribution < 1.29 is 0 Å². The quantitative estimate of drug-likeness (QED) is 0.611. The lowest BCUT2D eigenvalue weighted by atomic mass is 9.53. The Morgan fingerprint density at radius 2 is 1.85 bits per heavy atom. The van der Waals surface area contributed by atoms with Crippen molar-refractivity contribution in [3.05, 3.63) is 63.3 Å². The van der Waals surface area contributed by atoms with Crippen LogP contribution in [0.2, 0.25) is 0 Å². The molecule has 8 heteroatoms. The SMILES string of the molecule is Cn1cnc2c1c(=O)n(C/C=C(/CNC13CC4CC(CC(C4)C1)C3)c1cccnc1)c(=O)n2C. The second kappa shape index (κ2) is 8.05. The molecule has 7 rings (SSSR count). The molecule has 3 aromatic heterocycles. The summed E-state index contributed by atoms with van der Waals surface area (Å²) in [6.45, 7) is 0.917. The number of rotatable bonds is 6. The van der Waals surface area contributed by atoms with Crippen molar-refractivity contribution in [2.75, 3.05) is 6.54 Å². The smallest absolute Gasteiger partial charge is 0.328 e. The molecule has 0 aliphatic heterocycles. The Kier molecular flexibility index (Phi) is 5.09. The van der Waals surface area contributed by atoms with Gasteiger partial charge in [-0.2, -0.15) is 0 Å². The Labute approximate surface area is 198 Å². The topological polar surface area (TPSA) is 86.7 Å². The number of aryl methyl sites for hydroxylation is 2. The lowest BCUT2D eigenvalue weighted by Crippen LogP contribution is -2.58. The van der Waals surface area contributed by atoms with E-state index in [1.807, 2.05) is 24.4 Å². The first-order valence-electron chi connectivity index (χ1n) is 12.4. The van der Waals surface area contributed by atoms with Crippen LogP contribution in [0.4, 0.5) is 0 Å². The van der Waals surface area contributed by atoms with E-state index >= 15 is 0 Å². The zero-order valence-corrected chi connectivity index (χ0v) is 19.9. The number of hydrogen-bond donors (Lipinski definition) is 1. The molecular formula is C26H32N6O2. The number of hydrogen-bond acceptors (Lipinski definition) is 5. The molecule has 4 aliphatic carbocycles. The molecule has 4 fully saturated rings. The number of imidazole rings is 1. The molecule has 0 atom stereocenters. The van der Waals surface area contributed by atoms with Crippen molar-refractivity contribution in [2.45, 2.75) is 50.6 Å². The number of pyridine rings is 1. The summed E-state index contributed by atoms with van der Waals surface area (Å²) >= 11 is 0. The van der Waals surface area contributed by atoms with Gasteiger partial charge in [0.1, 0.15) is 0 Å². The molecule has 4 bridgehead atoms. The Morgan fingerprint density at radius 3 is 2.50 bits per heavy atom. The maximum absolute atomic E-state index is 13.2. The normalized spacial score (nSPS) is 28.2. The van der Waals surface area contributed by atoms with E-state index in [9.17, 15) is 9.59 Å². The molecule has 0 amide bonds. The van der Waals surface area contributed by atoms with Gasteiger partial charge in [-0.25, -0.2) is 9.78 Å². The number of allylic oxidation sites excluding steroid dienone is 1. The maximum atomic E-state index is 13.2. The van der Waals surface area contributed by atoms with E-state index < -0.39 is 0 Å². The Hall–Kier alpha value is -3.00. The van der Waals surface area contributed by atoms with Crippen molar-refractivity contribution in [2.24, 2.45) is 31.8 Å². The van der Waals surface area contributed by atoms with Crippen LogP contribution in [0.1, 0.15) is 44.1 Å². The summed E-state index contributed by atoms with van der Waals surface area (Å²) in [6.07, 6.45) is 15.3. The molecule has 0 saturated heterocycles. The summed E-state index contributed by atoms with van der Waals surface area (Å²) in [7, 11) is 3.44. The van der Waals surface area contributed by atoms with E-state index in [1.54, 1.807) is 31.2 Å². The zero-order valence-electron chi connectivity index (χ0n) is 19.9. The fraction of sp³-hybridized carbons (Fsp3) is 0.538. The third-order valence-corrected chi connectivity index (χ3v) is 8.45. The van der Waals surface area contributed by atoms with Gasteiger partial charge in [-0.1, -0.05) is 12.1 Å². The standard InChI is InChI=1S/C26H32N6O2/c1-30-16-28-23-22(30)24(33)32(25(34)31(23)2)7-5-21(20-4-3-6-27-14-20)15-29-26-11-17-8-18(12-26)10-19(9-17)13-26/h3-6,14,16-19,29H,7-13,15H2,1-2H3/b21-5-. The summed E-state index contributed by atoms with van der Waals surface area (Å²) in [6, 6.07) is 3.98. The molecule has 0 aromatic carbocycles. The minimum atomic E-state index is -0.355. The highest BCUT2D eigenvalue weighted by atomic mass is 16.2. The molecule has 34 heavy (non-hydrogen) atoms. The summed E-state index contributed by atoms with van der Waals surface area (Å²) in [5.74, 6) is 2.62. The third-order valence-electron chi connectivity index (χ3n) is 8.45. The van der Waals surface area contributed by atoms with Crippen LogP contribution in [-0.2, 0) is 20.6 Å². The molecule has 3 aromatic rings. The minimum absolute atomic E-state index is 0.208. The molecule has 4 aliphatic rings. The molecule has 0 spiro atoms. The zero-order chi connectivity index (χ0) is 23.4. The molecule has 178 valence electrons. The summed E-state index contributed by atoms with van der Waals surface area (Å²) in [4.78, 5) is 34.7. The van der Waals surface area contributed by atoms with Gasteiger partial charge in [0.15, 0.2) is 11.2 Å². The molecule has 0 radical (unpaired) electrons. The van der Waals surface area contributed by atoms with Crippen LogP contribution in [0.15, 0.2) is 46.5 Å². The van der Waals surface area contributed by atoms with Crippen LogP contribution in [0.3, 0.4) is 0 Å². The van der Waals surface area contributed by atoms with E-state index in [4.69, 9.17) is 0 Å². The first-order chi connectivity index (χ1) is 16.4. The molecule has 3 heterocycles. The number of fused-ring (bicyclic) bond motifs is 1. The van der Waals surface area contributed by atoms with Gasteiger partial charge in [0, 0.05) is 45.1 Å². The summed E-state index contributed by atoms with van der Waals surface area (Å²) in [5.41, 5.74) is 2.50. The van der Waals surface area contributed by atoms with Crippen LogP contribution in [0.5, 0.6) is 0 Å². The van der Waals surface area contributed by atoms with Gasteiger partial charge in [0.2, 0.25) is 0 Å².